The Morgan fingerprint density at radius 2 is 2.31 bits per heavy atom. The Balaban J connectivity index is 2.69. The maximum Gasteiger partial charge on any atom is 0.251 e. The number of hydrogen-bond acceptors (Lipinski definition) is 4. The summed E-state index contributed by atoms with van der Waals surface area (Å²) in [4.78, 5) is 11.7. The van der Waals surface area contributed by atoms with Crippen molar-refractivity contribution in [2.75, 3.05) is 17.7 Å². The van der Waals surface area contributed by atoms with Crippen LogP contribution < -0.4 is 11.1 Å². The minimum Gasteiger partial charge on any atom is -0.506 e. The van der Waals surface area contributed by atoms with E-state index in [-0.39, 0.29) is 23.4 Å². The predicted octanol–water partition coefficient (Wildman–Crippen LogP) is 1.46. The van der Waals surface area contributed by atoms with Gasteiger partial charge in [0, 0.05) is 17.4 Å². The third-order valence-corrected chi connectivity index (χ3v) is 2.92. The lowest BCUT2D eigenvalue weighted by Crippen LogP contribution is -2.34. The topological polar surface area (TPSA) is 75.4 Å². The van der Waals surface area contributed by atoms with Crippen molar-refractivity contribution in [3.05, 3.63) is 23.8 Å². The molecule has 5 heteroatoms. The van der Waals surface area contributed by atoms with Crippen LogP contribution in [0.4, 0.5) is 5.69 Å². The molecule has 16 heavy (non-hydrogen) atoms. The molecule has 0 saturated carbocycles. The number of thioether (sulfide) groups is 1. The number of nitrogen functional groups attached to an aromatic ring is 1. The Kier molecular flexibility index (Phi) is 4.49. The van der Waals surface area contributed by atoms with E-state index in [1.807, 2.05) is 13.2 Å². The number of carbonyl (C=O) groups is 1. The van der Waals surface area contributed by atoms with Crippen molar-refractivity contribution in [1.29, 1.82) is 0 Å². The zero-order valence-corrected chi connectivity index (χ0v) is 10.2. The van der Waals surface area contributed by atoms with Gasteiger partial charge in [0.25, 0.3) is 5.91 Å². The molecule has 0 fully saturated rings. The molecule has 4 nitrogen and oxygen atoms in total. The number of phenolic OH excluding ortho intramolecular Hbond substituents is 1. The number of carbonyl (C=O) groups excluding carboxylic acids is 1. The second kappa shape index (κ2) is 5.65. The standard InChI is InChI=1S/C11H16N2O2S/c1-7(6-16-2)13-11(15)8-3-4-9(12)10(14)5-8/h3-5,7,14H,6,12H2,1-2H3,(H,13,15). The van der Waals surface area contributed by atoms with Crippen molar-refractivity contribution in [2.45, 2.75) is 13.0 Å². The molecule has 1 rings (SSSR count). The summed E-state index contributed by atoms with van der Waals surface area (Å²) in [6, 6.07) is 4.58. The number of phenols is 1. The second-order valence-corrected chi connectivity index (χ2v) is 4.51. The molecule has 0 radical (unpaired) electrons. The highest BCUT2D eigenvalue weighted by Crippen LogP contribution is 2.20. The van der Waals surface area contributed by atoms with E-state index in [4.69, 9.17) is 5.73 Å². The minimum absolute atomic E-state index is 0.0647. The molecule has 0 heterocycles. The average Bonchev–Trinajstić information content (AvgIpc) is 2.22. The Bertz CT molecular complexity index is 382. The number of amides is 1. The Hall–Kier alpha value is -1.36. The SMILES string of the molecule is CSCC(C)NC(=O)c1ccc(N)c(O)c1. The first kappa shape index (κ1) is 12.7. The maximum absolute atomic E-state index is 11.7. The Morgan fingerprint density at radius 1 is 1.62 bits per heavy atom. The molecule has 0 saturated heterocycles. The molecule has 1 aromatic carbocycles. The van der Waals surface area contributed by atoms with Gasteiger partial charge >= 0.3 is 0 Å². The number of benzene rings is 1. The van der Waals surface area contributed by atoms with E-state index >= 15 is 0 Å². The van der Waals surface area contributed by atoms with Crippen molar-refractivity contribution in [1.82, 2.24) is 5.32 Å². The molecule has 0 aliphatic carbocycles. The summed E-state index contributed by atoms with van der Waals surface area (Å²) in [7, 11) is 0. The van der Waals surface area contributed by atoms with Crippen LogP contribution in [0.15, 0.2) is 18.2 Å². The van der Waals surface area contributed by atoms with Crippen LogP contribution in [0.1, 0.15) is 17.3 Å². The summed E-state index contributed by atoms with van der Waals surface area (Å²) in [6.07, 6.45) is 1.98. The van der Waals surface area contributed by atoms with Gasteiger partial charge in [-0.2, -0.15) is 11.8 Å². The Morgan fingerprint density at radius 3 is 2.88 bits per heavy atom. The van der Waals surface area contributed by atoms with Crippen LogP contribution >= 0.6 is 11.8 Å². The minimum atomic E-state index is -0.197. The second-order valence-electron chi connectivity index (χ2n) is 3.60. The fourth-order valence-corrected chi connectivity index (χ4v) is 1.87. The molecule has 1 aromatic rings. The van der Waals surface area contributed by atoms with Crippen molar-refractivity contribution < 1.29 is 9.90 Å². The van der Waals surface area contributed by atoms with Crippen LogP contribution in [-0.4, -0.2) is 29.1 Å². The van der Waals surface area contributed by atoms with E-state index in [0.29, 0.717) is 5.56 Å². The van der Waals surface area contributed by atoms with Crippen molar-refractivity contribution >= 4 is 23.4 Å². The molecule has 0 aliphatic heterocycles. The van der Waals surface area contributed by atoms with Gasteiger partial charge in [-0.15, -0.1) is 0 Å². The van der Waals surface area contributed by atoms with Crippen LogP contribution in [0, 0.1) is 0 Å². The molecule has 1 unspecified atom stereocenters. The van der Waals surface area contributed by atoms with Gasteiger partial charge < -0.3 is 16.2 Å². The third kappa shape index (κ3) is 3.34. The van der Waals surface area contributed by atoms with Gasteiger partial charge in [-0.05, 0) is 31.4 Å². The highest BCUT2D eigenvalue weighted by atomic mass is 32.2. The van der Waals surface area contributed by atoms with Gasteiger partial charge in [-0.25, -0.2) is 0 Å². The molecule has 88 valence electrons. The Labute approximate surface area is 99.2 Å². The van der Waals surface area contributed by atoms with E-state index in [1.54, 1.807) is 17.8 Å². The van der Waals surface area contributed by atoms with E-state index in [0.717, 1.165) is 5.75 Å². The first-order valence-electron chi connectivity index (χ1n) is 4.93. The lowest BCUT2D eigenvalue weighted by atomic mass is 10.1. The molecule has 0 aliphatic rings. The smallest absolute Gasteiger partial charge is 0.251 e. The highest BCUT2D eigenvalue weighted by Gasteiger charge is 2.10. The largest absolute Gasteiger partial charge is 0.506 e. The predicted molar refractivity (Wildman–Crippen MR) is 67.8 cm³/mol. The van der Waals surface area contributed by atoms with E-state index in [2.05, 4.69) is 5.32 Å². The van der Waals surface area contributed by atoms with E-state index in [9.17, 15) is 9.90 Å². The van der Waals surface area contributed by atoms with E-state index < -0.39 is 0 Å². The molecular weight excluding hydrogens is 224 g/mol. The third-order valence-electron chi connectivity index (χ3n) is 2.09. The van der Waals surface area contributed by atoms with Crippen molar-refractivity contribution in [3.8, 4) is 5.75 Å². The van der Waals surface area contributed by atoms with Crippen LogP contribution in [0.3, 0.4) is 0 Å². The normalized spacial score (nSPS) is 12.1. The lowest BCUT2D eigenvalue weighted by molar-refractivity contribution is 0.0943. The van der Waals surface area contributed by atoms with Crippen molar-refractivity contribution in [2.24, 2.45) is 0 Å². The van der Waals surface area contributed by atoms with E-state index in [1.165, 1.54) is 12.1 Å². The fraction of sp³-hybridized carbons (Fsp3) is 0.364. The number of nitrogens with two attached hydrogens (primary N) is 1. The van der Waals surface area contributed by atoms with Gasteiger partial charge in [0.15, 0.2) is 0 Å². The summed E-state index contributed by atoms with van der Waals surface area (Å²) in [5.74, 6) is 0.592. The maximum atomic E-state index is 11.7. The summed E-state index contributed by atoms with van der Waals surface area (Å²) in [5.41, 5.74) is 6.14. The summed E-state index contributed by atoms with van der Waals surface area (Å²) in [5, 5.41) is 12.2. The first-order valence-corrected chi connectivity index (χ1v) is 6.32. The number of aromatic hydroxyl groups is 1. The molecule has 0 bridgehead atoms. The fourth-order valence-electron chi connectivity index (χ4n) is 1.28. The summed E-state index contributed by atoms with van der Waals surface area (Å²) in [6.45, 7) is 1.94. The van der Waals surface area contributed by atoms with Crippen molar-refractivity contribution in [3.63, 3.8) is 0 Å². The number of hydrogen-bond donors (Lipinski definition) is 3. The van der Waals surface area contributed by atoms with Gasteiger partial charge in [0.1, 0.15) is 5.75 Å². The summed E-state index contributed by atoms with van der Waals surface area (Å²) < 4.78 is 0. The van der Waals surface area contributed by atoms with Crippen LogP contribution in [0.25, 0.3) is 0 Å². The molecule has 1 amide bonds. The monoisotopic (exact) mass is 240 g/mol. The number of nitrogens with one attached hydrogen (secondary N) is 1. The van der Waals surface area contributed by atoms with Gasteiger partial charge in [0.05, 0.1) is 5.69 Å². The lowest BCUT2D eigenvalue weighted by Gasteiger charge is -2.12. The van der Waals surface area contributed by atoms with Gasteiger partial charge in [-0.1, -0.05) is 0 Å². The van der Waals surface area contributed by atoms with Gasteiger partial charge in [0.2, 0.25) is 0 Å². The molecule has 4 N–H and O–H groups in total. The van der Waals surface area contributed by atoms with Crippen LogP contribution in [0.5, 0.6) is 5.75 Å². The zero-order valence-electron chi connectivity index (χ0n) is 9.36. The number of rotatable bonds is 4. The number of anilines is 1. The van der Waals surface area contributed by atoms with Crippen LogP contribution in [-0.2, 0) is 0 Å². The molecular formula is C11H16N2O2S. The average molecular weight is 240 g/mol. The molecule has 0 spiro atoms. The molecule has 1 atom stereocenters. The zero-order chi connectivity index (χ0) is 12.1. The quantitative estimate of drug-likeness (QED) is 0.550. The molecule has 0 aromatic heterocycles. The highest BCUT2D eigenvalue weighted by molar-refractivity contribution is 7.98. The van der Waals surface area contributed by atoms with Gasteiger partial charge in [-0.3, -0.25) is 4.79 Å². The summed E-state index contributed by atoms with van der Waals surface area (Å²) >= 11 is 1.67. The first-order chi connectivity index (χ1) is 7.54. The van der Waals surface area contributed by atoms with Crippen LogP contribution in [0.2, 0.25) is 0 Å².